The number of aliphatic carboxylic acids is 1. The summed E-state index contributed by atoms with van der Waals surface area (Å²) in [6, 6.07) is 0. The van der Waals surface area contributed by atoms with Gasteiger partial charge in [-0.15, -0.1) is 0 Å². The van der Waals surface area contributed by atoms with Gasteiger partial charge in [0.15, 0.2) is 0 Å². The number of rotatable bonds is 5. The molecule has 176 valence electrons. The van der Waals surface area contributed by atoms with Gasteiger partial charge in [-0.3, -0.25) is 9.59 Å². The summed E-state index contributed by atoms with van der Waals surface area (Å²) in [6.07, 6.45) is 5.95. The van der Waals surface area contributed by atoms with E-state index in [0.717, 1.165) is 38.5 Å². The lowest BCUT2D eigenvalue weighted by Gasteiger charge is -2.63. The molecule has 3 N–H and O–H groups in total. The number of ketones is 1. The van der Waals surface area contributed by atoms with E-state index >= 15 is 0 Å². The lowest BCUT2D eigenvalue weighted by molar-refractivity contribution is -0.192. The van der Waals surface area contributed by atoms with E-state index in [1.807, 2.05) is 0 Å². The molecule has 0 aromatic rings. The Morgan fingerprint density at radius 1 is 1.10 bits per heavy atom. The third-order valence-corrected chi connectivity index (χ3v) is 10.8. The minimum Gasteiger partial charge on any atom is -0.481 e. The number of hydrogen-bond acceptors (Lipinski definition) is 4. The van der Waals surface area contributed by atoms with Crippen molar-refractivity contribution >= 4 is 11.8 Å². The Morgan fingerprint density at radius 2 is 1.81 bits per heavy atom. The Morgan fingerprint density at radius 3 is 2.45 bits per heavy atom. The second-order valence-corrected chi connectivity index (χ2v) is 11.9. The number of Topliss-reactive ketones (excluding diaryl/α,β-unsaturated/α-hetero) is 1. The van der Waals surface area contributed by atoms with Crippen molar-refractivity contribution in [3.8, 4) is 0 Å². The SMILES string of the molecule is CC[C@H]1C(=O)C2C3CC[C@H]([C@H](C)CCC(=O)O)[C@@]3(C)[C@@H](O)CC2[C@@]2(C)CC[C@@H](O)C[C@@H]12. The Bertz CT molecular complexity index is 721. The standard InChI is InChI=1S/C26H42O5/c1-5-16-19-12-15(27)10-11-25(19,3)20-13-21(28)26(4)17(14(2)6-9-22(29)30)7-8-18(26)23(20)24(16)31/h14-21,23,27-28H,5-13H2,1-4H3,(H,29,30)/t14-,15-,16-,17-,18?,19+,20?,21+,23?,25+,26-/m1/s1. The Balaban J connectivity index is 1.67. The predicted molar refractivity (Wildman–Crippen MR) is 118 cm³/mol. The van der Waals surface area contributed by atoms with Crippen LogP contribution in [0.4, 0.5) is 0 Å². The molecule has 0 aromatic heterocycles. The largest absolute Gasteiger partial charge is 0.481 e. The molecule has 0 aromatic carbocycles. The first-order chi connectivity index (χ1) is 14.6. The number of carbonyl (C=O) groups is 2. The summed E-state index contributed by atoms with van der Waals surface area (Å²) in [5, 5.41) is 31.1. The van der Waals surface area contributed by atoms with Crippen molar-refractivity contribution in [2.45, 2.75) is 97.7 Å². The minimum absolute atomic E-state index is 0.00603. The Kier molecular flexibility index (Phi) is 6.09. The summed E-state index contributed by atoms with van der Waals surface area (Å²) in [5.41, 5.74) is -0.307. The molecular weight excluding hydrogens is 392 g/mol. The topological polar surface area (TPSA) is 94.8 Å². The van der Waals surface area contributed by atoms with Crippen LogP contribution in [0.1, 0.15) is 85.5 Å². The normalized spacial score (nSPS) is 50.3. The Labute approximate surface area is 187 Å². The molecule has 0 aliphatic heterocycles. The van der Waals surface area contributed by atoms with Gasteiger partial charge >= 0.3 is 5.97 Å². The predicted octanol–water partition coefficient (Wildman–Crippen LogP) is 4.29. The molecule has 3 unspecified atom stereocenters. The van der Waals surface area contributed by atoms with Crippen LogP contribution in [0.2, 0.25) is 0 Å². The van der Waals surface area contributed by atoms with Crippen molar-refractivity contribution in [2.24, 2.45) is 52.3 Å². The van der Waals surface area contributed by atoms with Gasteiger partial charge in [-0.2, -0.15) is 0 Å². The molecular formula is C26H42O5. The van der Waals surface area contributed by atoms with E-state index in [2.05, 4.69) is 27.7 Å². The summed E-state index contributed by atoms with van der Waals surface area (Å²) in [7, 11) is 0. The van der Waals surface area contributed by atoms with Gasteiger partial charge in [0.25, 0.3) is 0 Å². The molecule has 0 spiro atoms. The second kappa shape index (κ2) is 8.13. The lowest BCUT2D eigenvalue weighted by atomic mass is 9.41. The van der Waals surface area contributed by atoms with Gasteiger partial charge in [0, 0.05) is 23.7 Å². The number of carboxylic acid groups (broad SMARTS) is 1. The zero-order valence-corrected chi connectivity index (χ0v) is 19.7. The van der Waals surface area contributed by atoms with Gasteiger partial charge < -0.3 is 15.3 Å². The number of carboxylic acids is 1. The summed E-state index contributed by atoms with van der Waals surface area (Å²) < 4.78 is 0. The molecule has 5 heteroatoms. The fourth-order valence-corrected chi connectivity index (χ4v) is 9.12. The van der Waals surface area contributed by atoms with E-state index < -0.39 is 12.1 Å². The van der Waals surface area contributed by atoms with Crippen molar-refractivity contribution in [2.75, 3.05) is 0 Å². The van der Waals surface area contributed by atoms with E-state index in [0.29, 0.717) is 18.6 Å². The van der Waals surface area contributed by atoms with E-state index in [-0.39, 0.29) is 64.8 Å². The van der Waals surface area contributed by atoms with Crippen LogP contribution in [-0.2, 0) is 9.59 Å². The summed E-state index contributed by atoms with van der Waals surface area (Å²) in [5.74, 6) is 0.749. The van der Waals surface area contributed by atoms with E-state index in [1.165, 1.54) is 0 Å². The molecule has 4 fully saturated rings. The molecule has 5 nitrogen and oxygen atoms in total. The molecule has 11 atom stereocenters. The van der Waals surface area contributed by atoms with Gasteiger partial charge in [-0.25, -0.2) is 0 Å². The molecule has 0 heterocycles. The van der Waals surface area contributed by atoms with E-state index in [1.54, 1.807) is 0 Å². The fraction of sp³-hybridized carbons (Fsp3) is 0.923. The van der Waals surface area contributed by atoms with Gasteiger partial charge in [-0.1, -0.05) is 27.7 Å². The summed E-state index contributed by atoms with van der Waals surface area (Å²) in [6.45, 7) is 8.79. The average molecular weight is 435 g/mol. The molecule has 31 heavy (non-hydrogen) atoms. The van der Waals surface area contributed by atoms with Crippen LogP contribution in [0.3, 0.4) is 0 Å². The molecule has 0 radical (unpaired) electrons. The van der Waals surface area contributed by atoms with Crippen LogP contribution in [0, 0.1) is 52.3 Å². The number of aliphatic hydroxyl groups is 2. The first-order valence-electron chi connectivity index (χ1n) is 12.7. The first-order valence-corrected chi connectivity index (χ1v) is 12.7. The van der Waals surface area contributed by atoms with Crippen molar-refractivity contribution in [1.29, 1.82) is 0 Å². The molecule has 4 rings (SSSR count). The van der Waals surface area contributed by atoms with Gasteiger partial charge in [0.05, 0.1) is 12.2 Å². The van der Waals surface area contributed by atoms with Crippen LogP contribution in [0.25, 0.3) is 0 Å². The van der Waals surface area contributed by atoms with Crippen LogP contribution in [-0.4, -0.2) is 39.3 Å². The molecule has 0 amide bonds. The highest BCUT2D eigenvalue weighted by atomic mass is 16.4. The highest BCUT2D eigenvalue weighted by molar-refractivity contribution is 5.86. The molecule has 0 saturated heterocycles. The van der Waals surface area contributed by atoms with E-state index in [4.69, 9.17) is 5.11 Å². The lowest BCUT2D eigenvalue weighted by Crippen LogP contribution is -2.63. The van der Waals surface area contributed by atoms with Crippen molar-refractivity contribution in [1.82, 2.24) is 0 Å². The van der Waals surface area contributed by atoms with Gasteiger partial charge in [0.2, 0.25) is 0 Å². The highest BCUT2D eigenvalue weighted by Crippen LogP contribution is 2.68. The maximum Gasteiger partial charge on any atom is 0.303 e. The zero-order chi connectivity index (χ0) is 22.7. The molecule has 0 bridgehead atoms. The van der Waals surface area contributed by atoms with Crippen molar-refractivity contribution < 1.29 is 24.9 Å². The van der Waals surface area contributed by atoms with Crippen LogP contribution < -0.4 is 0 Å². The van der Waals surface area contributed by atoms with Gasteiger partial charge in [0.1, 0.15) is 5.78 Å². The quantitative estimate of drug-likeness (QED) is 0.600. The van der Waals surface area contributed by atoms with Gasteiger partial charge in [-0.05, 0) is 86.4 Å². The van der Waals surface area contributed by atoms with Crippen LogP contribution in [0.15, 0.2) is 0 Å². The third-order valence-electron chi connectivity index (χ3n) is 10.8. The highest BCUT2D eigenvalue weighted by Gasteiger charge is 2.67. The third kappa shape index (κ3) is 3.40. The summed E-state index contributed by atoms with van der Waals surface area (Å²) >= 11 is 0. The Hall–Kier alpha value is -0.940. The van der Waals surface area contributed by atoms with E-state index in [9.17, 15) is 19.8 Å². The maximum absolute atomic E-state index is 13.9. The summed E-state index contributed by atoms with van der Waals surface area (Å²) in [4.78, 5) is 25.1. The van der Waals surface area contributed by atoms with Crippen molar-refractivity contribution in [3.05, 3.63) is 0 Å². The zero-order valence-electron chi connectivity index (χ0n) is 19.7. The number of carbonyl (C=O) groups excluding carboxylic acids is 1. The molecule has 4 aliphatic carbocycles. The molecule has 4 aliphatic rings. The van der Waals surface area contributed by atoms with Crippen LogP contribution in [0.5, 0.6) is 0 Å². The first kappa shape index (κ1) is 23.2. The van der Waals surface area contributed by atoms with Crippen molar-refractivity contribution in [3.63, 3.8) is 0 Å². The average Bonchev–Trinajstić information content (AvgIpc) is 3.07. The second-order valence-electron chi connectivity index (χ2n) is 11.9. The minimum atomic E-state index is -0.762. The molecule has 4 saturated carbocycles. The maximum atomic E-state index is 13.9. The number of hydrogen-bond donors (Lipinski definition) is 3. The van der Waals surface area contributed by atoms with Crippen LogP contribution >= 0.6 is 0 Å². The number of aliphatic hydroxyl groups excluding tert-OH is 2. The fourth-order valence-electron chi connectivity index (χ4n) is 9.12. The smallest absolute Gasteiger partial charge is 0.303 e. The monoisotopic (exact) mass is 434 g/mol. The number of fused-ring (bicyclic) bond motifs is 5.